The van der Waals surface area contributed by atoms with E-state index in [1.54, 1.807) is 4.90 Å². The van der Waals surface area contributed by atoms with Crippen LogP contribution in [0.1, 0.15) is 27.7 Å². The average Bonchev–Trinajstić information content (AvgIpc) is 3.00. The maximum absolute atomic E-state index is 12.7. The number of benzene rings is 1. The molecule has 0 radical (unpaired) electrons. The summed E-state index contributed by atoms with van der Waals surface area (Å²) in [5.74, 6) is -0.392. The number of hydrogen-bond donors (Lipinski definition) is 4. The van der Waals surface area contributed by atoms with E-state index in [1.807, 2.05) is 52.0 Å². The van der Waals surface area contributed by atoms with Gasteiger partial charge >= 0.3 is 0 Å². The molecule has 29 heavy (non-hydrogen) atoms. The minimum absolute atomic E-state index is 0.0356. The Kier molecular flexibility index (Phi) is 7.54. The van der Waals surface area contributed by atoms with E-state index in [-0.39, 0.29) is 23.0 Å². The van der Waals surface area contributed by atoms with Crippen LogP contribution >= 0.6 is 11.8 Å². The smallest absolute Gasteiger partial charge is 0.239 e. The van der Waals surface area contributed by atoms with Gasteiger partial charge in [-0.05, 0) is 25.1 Å². The zero-order valence-electron chi connectivity index (χ0n) is 17.6. The van der Waals surface area contributed by atoms with Crippen LogP contribution in [-0.4, -0.2) is 59.4 Å². The number of carbonyl (C=O) groups is 3. The molecule has 0 aliphatic carbocycles. The molecular formula is C20H31N5O3S. The van der Waals surface area contributed by atoms with Crippen molar-refractivity contribution >= 4 is 40.9 Å². The Hall–Kier alpha value is -2.26. The van der Waals surface area contributed by atoms with Crippen LogP contribution in [0.4, 0.5) is 11.4 Å². The van der Waals surface area contributed by atoms with Crippen molar-refractivity contribution in [2.24, 2.45) is 11.1 Å². The normalized spacial score (nSPS) is 20.3. The monoisotopic (exact) mass is 421 g/mol. The molecule has 1 aromatic rings. The molecule has 1 fully saturated rings. The van der Waals surface area contributed by atoms with Gasteiger partial charge in [-0.25, -0.2) is 0 Å². The second-order valence-electron chi connectivity index (χ2n) is 7.95. The highest BCUT2D eigenvalue weighted by molar-refractivity contribution is 8.01. The van der Waals surface area contributed by atoms with Crippen LogP contribution in [0.25, 0.3) is 0 Å². The van der Waals surface area contributed by atoms with Crippen LogP contribution in [0.2, 0.25) is 0 Å². The van der Waals surface area contributed by atoms with E-state index >= 15 is 0 Å². The highest BCUT2D eigenvalue weighted by Gasteiger charge is 2.43. The molecular weight excluding hydrogens is 390 g/mol. The Labute approximate surface area is 176 Å². The van der Waals surface area contributed by atoms with Gasteiger partial charge in [-0.15, -0.1) is 11.8 Å². The van der Waals surface area contributed by atoms with Crippen molar-refractivity contribution in [2.75, 3.05) is 30.8 Å². The van der Waals surface area contributed by atoms with Gasteiger partial charge in [0, 0.05) is 36.9 Å². The third-order valence-corrected chi connectivity index (χ3v) is 6.18. The first-order valence-electron chi connectivity index (χ1n) is 9.67. The fraction of sp³-hybridized carbons (Fsp3) is 0.550. The largest absolute Gasteiger partial charge is 0.383 e. The number of nitrogens with two attached hydrogens (primary N) is 1. The van der Waals surface area contributed by atoms with Gasteiger partial charge in [0.05, 0.1) is 0 Å². The Bertz CT molecular complexity index is 765. The lowest BCUT2D eigenvalue weighted by molar-refractivity contribution is -0.131. The third kappa shape index (κ3) is 5.63. The predicted molar refractivity (Wildman–Crippen MR) is 118 cm³/mol. The first kappa shape index (κ1) is 23.0. The molecule has 0 bridgehead atoms. The Balaban J connectivity index is 2.02. The van der Waals surface area contributed by atoms with Crippen molar-refractivity contribution in [3.8, 4) is 0 Å². The fourth-order valence-electron chi connectivity index (χ4n) is 2.89. The van der Waals surface area contributed by atoms with E-state index in [1.165, 1.54) is 18.8 Å². The predicted octanol–water partition coefficient (Wildman–Crippen LogP) is 1.45. The number of hydrogen-bond acceptors (Lipinski definition) is 6. The number of thioether (sulfide) groups is 1. The first-order chi connectivity index (χ1) is 13.6. The fourth-order valence-corrected chi connectivity index (χ4v) is 4.35. The first-order valence-corrected chi connectivity index (χ1v) is 10.6. The number of carbonyl (C=O) groups excluding carboxylic acids is 3. The summed E-state index contributed by atoms with van der Waals surface area (Å²) in [6.45, 7) is 8.32. The van der Waals surface area contributed by atoms with E-state index in [0.29, 0.717) is 18.8 Å². The summed E-state index contributed by atoms with van der Waals surface area (Å²) in [6, 6.07) is 6.59. The van der Waals surface area contributed by atoms with Gasteiger partial charge in [-0.3, -0.25) is 14.4 Å². The van der Waals surface area contributed by atoms with Gasteiger partial charge in [-0.2, -0.15) is 0 Å². The molecule has 1 aliphatic rings. The zero-order valence-corrected chi connectivity index (χ0v) is 18.4. The van der Waals surface area contributed by atoms with Crippen molar-refractivity contribution in [2.45, 2.75) is 44.4 Å². The summed E-state index contributed by atoms with van der Waals surface area (Å²) < 4.78 is 0. The Morgan fingerprint density at radius 2 is 1.93 bits per heavy atom. The topological polar surface area (TPSA) is 117 Å². The molecule has 0 spiro atoms. The maximum Gasteiger partial charge on any atom is 0.239 e. The summed E-state index contributed by atoms with van der Waals surface area (Å²) >= 11 is 1.40. The van der Waals surface area contributed by atoms with E-state index in [0.717, 1.165) is 5.69 Å². The summed E-state index contributed by atoms with van der Waals surface area (Å²) in [5, 5.41) is 7.96. The Morgan fingerprint density at radius 3 is 2.52 bits per heavy atom. The molecule has 2 rings (SSSR count). The minimum atomic E-state index is -0.783. The molecule has 1 heterocycles. The van der Waals surface area contributed by atoms with E-state index in [9.17, 15) is 14.4 Å². The number of anilines is 2. The quantitative estimate of drug-likeness (QED) is 0.529. The second-order valence-corrected chi connectivity index (χ2v) is 9.27. The number of likely N-dealkylation sites (N-methyl/N-ethyl adjacent to an activating group) is 2. The summed E-state index contributed by atoms with van der Waals surface area (Å²) in [6.07, 6.45) is 0. The molecule has 3 atom stereocenters. The third-order valence-electron chi connectivity index (χ3n) is 4.66. The van der Waals surface area contributed by atoms with Crippen molar-refractivity contribution in [3.63, 3.8) is 0 Å². The summed E-state index contributed by atoms with van der Waals surface area (Å²) in [4.78, 5) is 38.5. The average molecular weight is 422 g/mol. The van der Waals surface area contributed by atoms with Gasteiger partial charge in [0.2, 0.25) is 17.7 Å². The molecule has 1 unspecified atom stereocenters. The van der Waals surface area contributed by atoms with Crippen molar-refractivity contribution in [1.82, 2.24) is 10.2 Å². The van der Waals surface area contributed by atoms with Crippen LogP contribution in [0.5, 0.6) is 0 Å². The molecule has 3 amide bonds. The number of nitrogens with one attached hydrogen (secondary N) is 3. The molecule has 9 heteroatoms. The standard InChI is InChI=1S/C20H31N5O3S/c1-6-25-17(27)14(29-18(25)15(21)16(26)22-5)11-23-12-8-7-9-13(10-12)24-19(28)20(2,3)4/h7-10,14-15,18,23H,6,11,21H2,1-5H3,(H,22,26)(H,24,28)/t14-,15-,18?/m1/s1. The minimum Gasteiger partial charge on any atom is -0.383 e. The lowest BCUT2D eigenvalue weighted by Crippen LogP contribution is -2.52. The van der Waals surface area contributed by atoms with E-state index in [4.69, 9.17) is 5.73 Å². The second kappa shape index (κ2) is 9.49. The highest BCUT2D eigenvalue weighted by Crippen LogP contribution is 2.33. The van der Waals surface area contributed by atoms with Crippen molar-refractivity contribution in [1.29, 1.82) is 0 Å². The van der Waals surface area contributed by atoms with Crippen LogP contribution in [0, 0.1) is 5.41 Å². The van der Waals surface area contributed by atoms with Crippen LogP contribution in [0.3, 0.4) is 0 Å². The van der Waals surface area contributed by atoms with E-state index < -0.39 is 16.8 Å². The molecule has 0 saturated carbocycles. The lowest BCUT2D eigenvalue weighted by Gasteiger charge is -2.26. The zero-order chi connectivity index (χ0) is 21.8. The summed E-state index contributed by atoms with van der Waals surface area (Å²) in [7, 11) is 1.53. The highest BCUT2D eigenvalue weighted by atomic mass is 32.2. The van der Waals surface area contributed by atoms with Gasteiger partial charge in [0.15, 0.2) is 0 Å². The SMILES string of the molecule is CCN1C(=O)[C@@H](CNc2cccc(NC(=O)C(C)(C)C)c2)SC1[C@H](N)C(=O)NC. The molecule has 8 nitrogen and oxygen atoms in total. The molecule has 5 N–H and O–H groups in total. The van der Waals surface area contributed by atoms with E-state index in [2.05, 4.69) is 16.0 Å². The van der Waals surface area contributed by atoms with Crippen molar-refractivity contribution in [3.05, 3.63) is 24.3 Å². The molecule has 1 aliphatic heterocycles. The molecule has 1 saturated heterocycles. The number of rotatable bonds is 7. The summed E-state index contributed by atoms with van der Waals surface area (Å²) in [5.41, 5.74) is 7.05. The van der Waals surface area contributed by atoms with Gasteiger partial charge in [0.1, 0.15) is 16.7 Å². The maximum atomic E-state index is 12.7. The van der Waals surface area contributed by atoms with Crippen LogP contribution < -0.4 is 21.7 Å². The van der Waals surface area contributed by atoms with Crippen molar-refractivity contribution < 1.29 is 14.4 Å². The molecule has 160 valence electrons. The molecule has 1 aromatic carbocycles. The van der Waals surface area contributed by atoms with Crippen LogP contribution in [0.15, 0.2) is 24.3 Å². The van der Waals surface area contributed by atoms with Gasteiger partial charge in [-0.1, -0.05) is 26.8 Å². The number of amides is 3. The Morgan fingerprint density at radius 1 is 1.28 bits per heavy atom. The molecule has 0 aromatic heterocycles. The number of nitrogens with zero attached hydrogens (tertiary/aromatic N) is 1. The lowest BCUT2D eigenvalue weighted by atomic mass is 9.95. The van der Waals surface area contributed by atoms with Gasteiger partial charge < -0.3 is 26.6 Å². The van der Waals surface area contributed by atoms with Crippen LogP contribution in [-0.2, 0) is 14.4 Å². The van der Waals surface area contributed by atoms with Gasteiger partial charge in [0.25, 0.3) is 0 Å².